The molecule has 1 unspecified atom stereocenters. The first-order valence-electron chi connectivity index (χ1n) is 8.48. The van der Waals surface area contributed by atoms with Crippen molar-refractivity contribution >= 4 is 0 Å². The normalized spacial score (nSPS) is 12.8. The molecule has 3 heteroatoms. The summed E-state index contributed by atoms with van der Waals surface area (Å²) in [6, 6.07) is 0.470. The molecule has 0 radical (unpaired) electrons. The molecule has 0 aromatic heterocycles. The Kier molecular flexibility index (Phi) is 15.8. The summed E-state index contributed by atoms with van der Waals surface area (Å²) in [7, 11) is 0. The summed E-state index contributed by atoms with van der Waals surface area (Å²) >= 11 is 0. The van der Waals surface area contributed by atoms with Crippen LogP contribution in [0.3, 0.4) is 0 Å². The van der Waals surface area contributed by atoms with Gasteiger partial charge in [-0.25, -0.2) is 0 Å². The van der Waals surface area contributed by atoms with Gasteiger partial charge in [0.15, 0.2) is 0 Å². The third kappa shape index (κ3) is 14.1. The highest BCUT2D eigenvalue weighted by Gasteiger charge is 2.04. The van der Waals surface area contributed by atoms with Crippen LogP contribution in [0.1, 0.15) is 77.6 Å². The van der Waals surface area contributed by atoms with Crippen molar-refractivity contribution < 1.29 is 0 Å². The van der Waals surface area contributed by atoms with Crippen molar-refractivity contribution in [3.05, 3.63) is 0 Å². The first kappa shape index (κ1) is 18.9. The minimum Gasteiger partial charge on any atom is -0.329 e. The molecule has 0 aliphatic heterocycles. The Labute approximate surface area is 120 Å². The zero-order valence-corrected chi connectivity index (χ0v) is 13.1. The van der Waals surface area contributed by atoms with Crippen LogP contribution in [-0.2, 0) is 0 Å². The molecule has 3 nitrogen and oxygen atoms in total. The van der Waals surface area contributed by atoms with Crippen molar-refractivity contribution in [2.45, 2.75) is 83.6 Å². The molecule has 0 aliphatic rings. The number of rotatable bonds is 15. The van der Waals surface area contributed by atoms with Crippen LogP contribution in [0.2, 0.25) is 0 Å². The molecule has 116 valence electrons. The first-order valence-corrected chi connectivity index (χ1v) is 8.48. The summed E-state index contributed by atoms with van der Waals surface area (Å²) in [5, 5.41) is 3.40. The minimum atomic E-state index is 0.470. The Balaban J connectivity index is 3.16. The van der Waals surface area contributed by atoms with Gasteiger partial charge in [-0.1, -0.05) is 71.1 Å². The third-order valence-corrected chi connectivity index (χ3v) is 3.77. The van der Waals surface area contributed by atoms with E-state index in [1.807, 2.05) is 0 Å². The molecule has 0 saturated heterocycles. The fraction of sp³-hybridized carbons (Fsp3) is 1.00. The van der Waals surface area contributed by atoms with Crippen molar-refractivity contribution in [3.63, 3.8) is 0 Å². The van der Waals surface area contributed by atoms with E-state index in [-0.39, 0.29) is 0 Å². The molecule has 0 bridgehead atoms. The average molecular weight is 271 g/mol. The van der Waals surface area contributed by atoms with Gasteiger partial charge in [-0.05, 0) is 6.42 Å². The SMILES string of the molecule is CCCCCCCCCCCCC(CN)NCCN. The fourth-order valence-corrected chi connectivity index (χ4v) is 2.47. The van der Waals surface area contributed by atoms with Gasteiger partial charge in [0.1, 0.15) is 0 Å². The molecular weight excluding hydrogens is 234 g/mol. The number of unbranched alkanes of at least 4 members (excludes halogenated alkanes) is 9. The lowest BCUT2D eigenvalue weighted by Crippen LogP contribution is -2.38. The quantitative estimate of drug-likeness (QED) is 0.401. The Bertz CT molecular complexity index is 162. The fourth-order valence-electron chi connectivity index (χ4n) is 2.47. The van der Waals surface area contributed by atoms with Crippen LogP contribution in [0.4, 0.5) is 0 Å². The molecule has 0 spiro atoms. The Morgan fingerprint density at radius 2 is 1.32 bits per heavy atom. The number of hydrogen-bond acceptors (Lipinski definition) is 3. The van der Waals surface area contributed by atoms with E-state index < -0.39 is 0 Å². The molecule has 0 aromatic carbocycles. The van der Waals surface area contributed by atoms with Crippen molar-refractivity contribution in [3.8, 4) is 0 Å². The summed E-state index contributed by atoms with van der Waals surface area (Å²) in [5.41, 5.74) is 11.2. The lowest BCUT2D eigenvalue weighted by molar-refractivity contribution is 0.461. The van der Waals surface area contributed by atoms with Gasteiger partial charge < -0.3 is 16.8 Å². The van der Waals surface area contributed by atoms with Crippen LogP contribution < -0.4 is 16.8 Å². The standard InChI is InChI=1S/C16H37N3/c1-2-3-4-5-6-7-8-9-10-11-12-16(15-18)19-14-13-17/h16,19H,2-15,17-18H2,1H3. The second-order valence-corrected chi connectivity index (χ2v) is 5.65. The summed E-state index contributed by atoms with van der Waals surface area (Å²) in [4.78, 5) is 0. The molecule has 0 aromatic rings. The van der Waals surface area contributed by atoms with Gasteiger partial charge in [0.2, 0.25) is 0 Å². The Morgan fingerprint density at radius 3 is 1.79 bits per heavy atom. The van der Waals surface area contributed by atoms with Gasteiger partial charge in [-0.15, -0.1) is 0 Å². The van der Waals surface area contributed by atoms with E-state index in [1.165, 1.54) is 70.6 Å². The predicted molar refractivity (Wildman–Crippen MR) is 86.4 cm³/mol. The largest absolute Gasteiger partial charge is 0.329 e. The van der Waals surface area contributed by atoms with E-state index >= 15 is 0 Å². The molecule has 1 atom stereocenters. The Hall–Kier alpha value is -0.120. The number of hydrogen-bond donors (Lipinski definition) is 3. The summed E-state index contributed by atoms with van der Waals surface area (Å²) < 4.78 is 0. The average Bonchev–Trinajstić information content (AvgIpc) is 2.44. The van der Waals surface area contributed by atoms with E-state index in [1.54, 1.807) is 0 Å². The molecule has 0 aliphatic carbocycles. The van der Waals surface area contributed by atoms with E-state index in [2.05, 4.69) is 12.2 Å². The molecule has 19 heavy (non-hydrogen) atoms. The van der Waals surface area contributed by atoms with Gasteiger partial charge in [-0.2, -0.15) is 0 Å². The van der Waals surface area contributed by atoms with E-state index in [0.29, 0.717) is 12.6 Å². The topological polar surface area (TPSA) is 64.1 Å². The van der Waals surface area contributed by atoms with E-state index in [4.69, 9.17) is 11.5 Å². The minimum absolute atomic E-state index is 0.470. The summed E-state index contributed by atoms with van der Waals surface area (Å²) in [6.07, 6.45) is 15.2. The van der Waals surface area contributed by atoms with Gasteiger partial charge in [0.25, 0.3) is 0 Å². The highest BCUT2D eigenvalue weighted by Crippen LogP contribution is 2.11. The highest BCUT2D eigenvalue weighted by atomic mass is 14.9. The van der Waals surface area contributed by atoms with Gasteiger partial charge in [0.05, 0.1) is 0 Å². The van der Waals surface area contributed by atoms with Crippen molar-refractivity contribution in [1.29, 1.82) is 0 Å². The second-order valence-electron chi connectivity index (χ2n) is 5.65. The maximum Gasteiger partial charge on any atom is 0.0190 e. The molecular formula is C16H37N3. The maximum atomic E-state index is 5.73. The lowest BCUT2D eigenvalue weighted by Gasteiger charge is -2.15. The summed E-state index contributed by atoms with van der Waals surface area (Å²) in [5.74, 6) is 0. The van der Waals surface area contributed by atoms with Crippen LogP contribution in [-0.4, -0.2) is 25.7 Å². The van der Waals surface area contributed by atoms with Crippen molar-refractivity contribution in [1.82, 2.24) is 5.32 Å². The molecule has 0 amide bonds. The molecule has 0 heterocycles. The predicted octanol–water partition coefficient (Wildman–Crippen LogP) is 3.17. The van der Waals surface area contributed by atoms with Crippen LogP contribution in [0.5, 0.6) is 0 Å². The lowest BCUT2D eigenvalue weighted by atomic mass is 10.0. The van der Waals surface area contributed by atoms with Crippen LogP contribution >= 0.6 is 0 Å². The van der Waals surface area contributed by atoms with Crippen molar-refractivity contribution in [2.75, 3.05) is 19.6 Å². The van der Waals surface area contributed by atoms with Gasteiger partial charge in [-0.3, -0.25) is 0 Å². The molecule has 0 fully saturated rings. The van der Waals surface area contributed by atoms with E-state index in [9.17, 15) is 0 Å². The zero-order valence-electron chi connectivity index (χ0n) is 13.1. The number of nitrogens with one attached hydrogen (secondary N) is 1. The highest BCUT2D eigenvalue weighted by molar-refractivity contribution is 4.67. The van der Waals surface area contributed by atoms with Crippen LogP contribution in [0, 0.1) is 0 Å². The van der Waals surface area contributed by atoms with Gasteiger partial charge in [0, 0.05) is 25.7 Å². The molecule has 0 saturated carbocycles. The second kappa shape index (κ2) is 15.9. The number of nitrogens with two attached hydrogens (primary N) is 2. The smallest absolute Gasteiger partial charge is 0.0190 e. The van der Waals surface area contributed by atoms with Crippen LogP contribution in [0.25, 0.3) is 0 Å². The molecule has 0 rings (SSSR count). The first-order chi connectivity index (χ1) is 9.35. The van der Waals surface area contributed by atoms with Gasteiger partial charge >= 0.3 is 0 Å². The third-order valence-electron chi connectivity index (χ3n) is 3.77. The van der Waals surface area contributed by atoms with Crippen molar-refractivity contribution in [2.24, 2.45) is 11.5 Å². The maximum absolute atomic E-state index is 5.73. The monoisotopic (exact) mass is 271 g/mol. The Morgan fingerprint density at radius 1 is 0.789 bits per heavy atom. The van der Waals surface area contributed by atoms with E-state index in [0.717, 1.165) is 13.1 Å². The summed E-state index contributed by atoms with van der Waals surface area (Å²) in [6.45, 7) is 4.60. The zero-order chi connectivity index (χ0) is 14.2. The molecule has 5 N–H and O–H groups in total. The van der Waals surface area contributed by atoms with Crippen LogP contribution in [0.15, 0.2) is 0 Å².